The third kappa shape index (κ3) is 2.36. The number of hydrogen-bond acceptors (Lipinski definition) is 5. The summed E-state index contributed by atoms with van der Waals surface area (Å²) in [5.41, 5.74) is 0.972. The van der Waals surface area contributed by atoms with E-state index in [1.807, 2.05) is 6.07 Å². The number of halogens is 2. The van der Waals surface area contributed by atoms with Gasteiger partial charge in [0.25, 0.3) is 5.78 Å². The van der Waals surface area contributed by atoms with Gasteiger partial charge in [0, 0.05) is 15.8 Å². The molecule has 6 nitrogen and oxygen atoms in total. The van der Waals surface area contributed by atoms with Crippen molar-refractivity contribution in [1.82, 2.24) is 24.5 Å². The molecule has 0 atom stereocenters. The van der Waals surface area contributed by atoms with E-state index in [9.17, 15) is 0 Å². The summed E-state index contributed by atoms with van der Waals surface area (Å²) in [6.45, 7) is 0. The Morgan fingerprint density at radius 2 is 2.11 bits per heavy atom. The van der Waals surface area contributed by atoms with Crippen LogP contribution in [0.3, 0.4) is 0 Å². The summed E-state index contributed by atoms with van der Waals surface area (Å²) >= 11 is 13.4. The number of thioether (sulfide) groups is 1. The highest BCUT2D eigenvalue weighted by Gasteiger charge is 2.11. The van der Waals surface area contributed by atoms with E-state index in [1.165, 1.54) is 22.8 Å². The van der Waals surface area contributed by atoms with Gasteiger partial charge in [0.2, 0.25) is 5.16 Å². The molecule has 2 N–H and O–H groups in total. The van der Waals surface area contributed by atoms with Crippen molar-refractivity contribution in [3.63, 3.8) is 0 Å². The number of hydrogen-bond donors (Lipinski definition) is 1. The summed E-state index contributed by atoms with van der Waals surface area (Å²) in [6, 6.07) is 5.40. The SMILES string of the molecule is Nn1cnn2c(SCc3ccc(Cl)cc3Cl)nnc12. The van der Waals surface area contributed by atoms with Gasteiger partial charge in [-0.25, -0.2) is 4.68 Å². The normalized spacial score (nSPS) is 11.3. The molecule has 2 heterocycles. The van der Waals surface area contributed by atoms with Crippen LogP contribution in [-0.2, 0) is 5.75 Å². The number of rotatable bonds is 3. The molecule has 9 heteroatoms. The molecule has 0 saturated carbocycles. The fraction of sp³-hybridized carbons (Fsp3) is 0.100. The number of nitrogens with two attached hydrogens (primary N) is 1. The molecule has 19 heavy (non-hydrogen) atoms. The van der Waals surface area contributed by atoms with Crippen molar-refractivity contribution in [3.05, 3.63) is 40.1 Å². The lowest BCUT2D eigenvalue weighted by Crippen LogP contribution is -2.06. The first-order valence-corrected chi connectivity index (χ1v) is 7.00. The second kappa shape index (κ2) is 4.92. The lowest BCUT2D eigenvalue weighted by Gasteiger charge is -2.02. The van der Waals surface area contributed by atoms with Crippen molar-refractivity contribution in [3.8, 4) is 0 Å². The molecule has 0 unspecified atom stereocenters. The van der Waals surface area contributed by atoms with Crippen LogP contribution >= 0.6 is 35.0 Å². The Bertz CT molecular complexity index is 737. The van der Waals surface area contributed by atoms with Crippen LogP contribution in [0.4, 0.5) is 0 Å². The van der Waals surface area contributed by atoms with Gasteiger partial charge in [-0.2, -0.15) is 9.61 Å². The topological polar surface area (TPSA) is 74.0 Å². The van der Waals surface area contributed by atoms with Crippen LogP contribution in [0.25, 0.3) is 5.78 Å². The third-order valence-corrected chi connectivity index (χ3v) is 4.05. The second-order valence-corrected chi connectivity index (χ2v) is 5.54. The van der Waals surface area contributed by atoms with Gasteiger partial charge in [0.15, 0.2) is 0 Å². The second-order valence-electron chi connectivity index (χ2n) is 3.76. The van der Waals surface area contributed by atoms with Crippen molar-refractivity contribution in [2.45, 2.75) is 10.9 Å². The quantitative estimate of drug-likeness (QED) is 0.593. The van der Waals surface area contributed by atoms with Gasteiger partial charge in [-0.1, -0.05) is 41.0 Å². The van der Waals surface area contributed by atoms with E-state index < -0.39 is 0 Å². The minimum absolute atomic E-state index is 0.490. The van der Waals surface area contributed by atoms with E-state index in [1.54, 1.807) is 16.6 Å². The van der Waals surface area contributed by atoms with Crippen LogP contribution in [0.15, 0.2) is 29.7 Å². The minimum Gasteiger partial charge on any atom is -0.335 e. The molecule has 0 amide bonds. The molecule has 0 aliphatic carbocycles. The fourth-order valence-electron chi connectivity index (χ4n) is 1.55. The number of nitrogen functional groups attached to an aromatic ring is 1. The van der Waals surface area contributed by atoms with Crippen LogP contribution in [0.1, 0.15) is 5.56 Å². The van der Waals surface area contributed by atoms with E-state index in [0.29, 0.717) is 26.7 Å². The Morgan fingerprint density at radius 1 is 1.26 bits per heavy atom. The first kappa shape index (κ1) is 12.6. The zero-order valence-electron chi connectivity index (χ0n) is 9.49. The maximum atomic E-state index is 6.11. The van der Waals surface area contributed by atoms with Crippen molar-refractivity contribution in [1.29, 1.82) is 0 Å². The molecule has 3 rings (SSSR count). The molecule has 0 spiro atoms. The molecule has 2 aromatic heterocycles. The van der Waals surface area contributed by atoms with E-state index in [4.69, 9.17) is 29.0 Å². The standard InChI is InChI=1S/C10H8Cl2N6S/c11-7-2-1-6(8(12)3-7)4-19-10-16-15-9-17(13)5-14-18(9)10/h1-3,5H,4,13H2. The molecule has 3 aromatic rings. The van der Waals surface area contributed by atoms with Crippen LogP contribution in [-0.4, -0.2) is 24.5 Å². The number of nitrogens with zero attached hydrogens (tertiary/aromatic N) is 5. The van der Waals surface area contributed by atoms with E-state index in [-0.39, 0.29) is 0 Å². The van der Waals surface area contributed by atoms with E-state index in [0.717, 1.165) is 5.56 Å². The monoisotopic (exact) mass is 314 g/mol. The molecule has 0 bridgehead atoms. The van der Waals surface area contributed by atoms with Crippen molar-refractivity contribution in [2.24, 2.45) is 0 Å². The third-order valence-electron chi connectivity index (χ3n) is 2.49. The molecule has 0 aliphatic rings. The molecule has 1 aromatic carbocycles. The van der Waals surface area contributed by atoms with Gasteiger partial charge >= 0.3 is 0 Å². The van der Waals surface area contributed by atoms with Gasteiger partial charge in [-0.3, -0.25) is 0 Å². The predicted octanol–water partition coefficient (Wildman–Crippen LogP) is 2.24. The van der Waals surface area contributed by atoms with Gasteiger partial charge in [0.05, 0.1) is 0 Å². The Hall–Kier alpha value is -1.44. The highest BCUT2D eigenvalue weighted by atomic mass is 35.5. The fourth-order valence-corrected chi connectivity index (χ4v) is 2.99. The summed E-state index contributed by atoms with van der Waals surface area (Å²) in [5, 5.41) is 13.9. The van der Waals surface area contributed by atoms with E-state index in [2.05, 4.69) is 15.3 Å². The average Bonchev–Trinajstić information content (AvgIpc) is 2.93. The summed E-state index contributed by atoms with van der Waals surface area (Å²) in [6.07, 6.45) is 1.48. The van der Waals surface area contributed by atoms with E-state index >= 15 is 0 Å². The number of fused-ring (bicyclic) bond motifs is 1. The average molecular weight is 315 g/mol. The summed E-state index contributed by atoms with van der Waals surface area (Å²) < 4.78 is 2.89. The molecule has 0 fully saturated rings. The highest BCUT2D eigenvalue weighted by molar-refractivity contribution is 7.98. The Labute approximate surface area is 122 Å². The van der Waals surface area contributed by atoms with Crippen molar-refractivity contribution >= 4 is 40.7 Å². The van der Waals surface area contributed by atoms with Gasteiger partial charge in [-0.15, -0.1) is 10.2 Å². The number of benzene rings is 1. The predicted molar refractivity (Wildman–Crippen MR) is 74.9 cm³/mol. The smallest absolute Gasteiger partial charge is 0.273 e. The Kier molecular flexibility index (Phi) is 3.26. The lowest BCUT2D eigenvalue weighted by atomic mass is 10.2. The van der Waals surface area contributed by atoms with Crippen LogP contribution in [0.2, 0.25) is 10.0 Å². The highest BCUT2D eigenvalue weighted by Crippen LogP contribution is 2.27. The minimum atomic E-state index is 0.490. The van der Waals surface area contributed by atoms with Gasteiger partial charge in [-0.05, 0) is 17.7 Å². The molecule has 98 valence electrons. The Morgan fingerprint density at radius 3 is 2.89 bits per heavy atom. The summed E-state index contributed by atoms with van der Waals surface area (Å²) in [5.74, 6) is 6.76. The number of aromatic nitrogens is 5. The molecule has 0 radical (unpaired) electrons. The van der Waals surface area contributed by atoms with Gasteiger partial charge < -0.3 is 5.84 Å². The van der Waals surface area contributed by atoms with Crippen molar-refractivity contribution in [2.75, 3.05) is 5.84 Å². The lowest BCUT2D eigenvalue weighted by molar-refractivity contribution is 0.819. The van der Waals surface area contributed by atoms with Gasteiger partial charge in [0.1, 0.15) is 6.33 Å². The Balaban J connectivity index is 1.82. The first-order valence-electron chi connectivity index (χ1n) is 5.25. The summed E-state index contributed by atoms with van der Waals surface area (Å²) in [7, 11) is 0. The maximum absolute atomic E-state index is 6.11. The zero-order chi connectivity index (χ0) is 13.4. The molecule has 0 saturated heterocycles. The molecular formula is C10H8Cl2N6S. The van der Waals surface area contributed by atoms with Crippen molar-refractivity contribution < 1.29 is 0 Å². The summed E-state index contributed by atoms with van der Waals surface area (Å²) in [4.78, 5) is 0. The maximum Gasteiger partial charge on any atom is 0.273 e. The zero-order valence-corrected chi connectivity index (χ0v) is 11.8. The molecular weight excluding hydrogens is 307 g/mol. The first-order chi connectivity index (χ1) is 9.15. The largest absolute Gasteiger partial charge is 0.335 e. The molecule has 0 aliphatic heterocycles. The van der Waals surface area contributed by atoms with Crippen LogP contribution in [0.5, 0.6) is 0 Å². The van der Waals surface area contributed by atoms with Crippen LogP contribution in [0, 0.1) is 0 Å². The van der Waals surface area contributed by atoms with Crippen LogP contribution < -0.4 is 5.84 Å².